The minimum absolute atomic E-state index is 0.648. The molecule has 11 heavy (non-hydrogen) atoms. The molecule has 0 atom stereocenters. The highest BCUT2D eigenvalue weighted by molar-refractivity contribution is 6.33. The van der Waals surface area contributed by atoms with Crippen molar-refractivity contribution in [1.82, 2.24) is 0 Å². The van der Waals surface area contributed by atoms with Crippen LogP contribution in [0.2, 0.25) is 0 Å². The summed E-state index contributed by atoms with van der Waals surface area (Å²) < 4.78 is 0. The molecule has 0 N–H and O–H groups in total. The highest BCUT2D eigenvalue weighted by Crippen LogP contribution is 2.15. The fourth-order valence-electron chi connectivity index (χ4n) is 1.40. The second-order valence-electron chi connectivity index (χ2n) is 3.44. The molecule has 0 nitrogen and oxygen atoms in total. The van der Waals surface area contributed by atoms with Crippen molar-refractivity contribution in [3.63, 3.8) is 0 Å². The van der Waals surface area contributed by atoms with Gasteiger partial charge in [-0.1, -0.05) is 43.1 Å². The number of benzene rings is 1. The minimum atomic E-state index is 0.648. The molecular formula is C10H15B. The van der Waals surface area contributed by atoms with Crippen LogP contribution < -0.4 is 5.46 Å². The van der Waals surface area contributed by atoms with Crippen molar-refractivity contribution in [1.29, 1.82) is 0 Å². The zero-order valence-corrected chi connectivity index (χ0v) is 7.81. The maximum absolute atomic E-state index is 2.24. The molecule has 0 saturated carbocycles. The van der Waals surface area contributed by atoms with Crippen LogP contribution in [-0.4, -0.2) is 7.85 Å². The Kier molecular flexibility index (Phi) is 2.38. The molecule has 58 valence electrons. The lowest BCUT2D eigenvalue weighted by molar-refractivity contribution is 0.858. The van der Waals surface area contributed by atoms with E-state index in [0.29, 0.717) is 5.92 Å². The lowest BCUT2D eigenvalue weighted by atomic mass is 9.85. The maximum Gasteiger partial charge on any atom is 0.139 e. The van der Waals surface area contributed by atoms with Gasteiger partial charge in [0.2, 0.25) is 0 Å². The van der Waals surface area contributed by atoms with Gasteiger partial charge in [-0.2, -0.15) is 0 Å². The summed E-state index contributed by atoms with van der Waals surface area (Å²) in [6.45, 7) is 6.67. The van der Waals surface area contributed by atoms with Crippen molar-refractivity contribution < 1.29 is 0 Å². The van der Waals surface area contributed by atoms with Crippen LogP contribution >= 0.6 is 0 Å². The summed E-state index contributed by atoms with van der Waals surface area (Å²) in [4.78, 5) is 0. The Morgan fingerprint density at radius 1 is 1.27 bits per heavy atom. The van der Waals surface area contributed by atoms with Crippen molar-refractivity contribution in [2.75, 3.05) is 0 Å². The molecule has 1 rings (SSSR count). The van der Waals surface area contributed by atoms with Gasteiger partial charge >= 0.3 is 0 Å². The number of hydrogen-bond acceptors (Lipinski definition) is 0. The van der Waals surface area contributed by atoms with E-state index in [9.17, 15) is 0 Å². The van der Waals surface area contributed by atoms with Gasteiger partial charge in [-0.05, 0) is 18.4 Å². The Balaban J connectivity index is 3.17. The van der Waals surface area contributed by atoms with Crippen LogP contribution in [0.25, 0.3) is 0 Å². The van der Waals surface area contributed by atoms with Crippen LogP contribution in [-0.2, 0) is 0 Å². The van der Waals surface area contributed by atoms with Crippen molar-refractivity contribution in [3.8, 4) is 0 Å². The normalized spacial score (nSPS) is 10.5. The summed E-state index contributed by atoms with van der Waals surface area (Å²) in [6.07, 6.45) is 0. The molecule has 0 aromatic heterocycles. The van der Waals surface area contributed by atoms with E-state index >= 15 is 0 Å². The summed E-state index contributed by atoms with van der Waals surface area (Å²) >= 11 is 0. The Hall–Kier alpha value is -0.715. The van der Waals surface area contributed by atoms with E-state index in [0.717, 1.165) is 0 Å². The van der Waals surface area contributed by atoms with Gasteiger partial charge in [0.25, 0.3) is 0 Å². The Morgan fingerprint density at radius 2 is 1.91 bits per heavy atom. The largest absolute Gasteiger partial charge is 0.139 e. The molecule has 0 aliphatic carbocycles. The fourth-order valence-corrected chi connectivity index (χ4v) is 1.40. The van der Waals surface area contributed by atoms with Gasteiger partial charge in [0.05, 0.1) is 0 Å². The smallest absolute Gasteiger partial charge is 0.0858 e. The Morgan fingerprint density at radius 3 is 2.36 bits per heavy atom. The second kappa shape index (κ2) is 3.12. The maximum atomic E-state index is 2.24. The van der Waals surface area contributed by atoms with E-state index in [4.69, 9.17) is 0 Å². The molecule has 0 aliphatic heterocycles. The molecule has 0 heterocycles. The van der Waals surface area contributed by atoms with Crippen LogP contribution in [0.5, 0.6) is 0 Å². The molecule has 1 aromatic rings. The van der Waals surface area contributed by atoms with Gasteiger partial charge in [0, 0.05) is 0 Å². The average Bonchev–Trinajstić information content (AvgIpc) is 1.94. The SMILES string of the molecule is Bc1cccc(C(C)C)c1C. The van der Waals surface area contributed by atoms with Gasteiger partial charge < -0.3 is 0 Å². The molecular weight excluding hydrogens is 131 g/mol. The third kappa shape index (κ3) is 1.65. The van der Waals surface area contributed by atoms with E-state index in [-0.39, 0.29) is 0 Å². The highest BCUT2D eigenvalue weighted by atomic mass is 14.1. The third-order valence-electron chi connectivity index (χ3n) is 2.27. The molecule has 0 spiro atoms. The summed E-state index contributed by atoms with van der Waals surface area (Å²) in [5.41, 5.74) is 4.32. The van der Waals surface area contributed by atoms with E-state index in [1.807, 2.05) is 0 Å². The van der Waals surface area contributed by atoms with Crippen molar-refractivity contribution in [3.05, 3.63) is 29.3 Å². The van der Waals surface area contributed by atoms with Crippen molar-refractivity contribution >= 4 is 13.3 Å². The third-order valence-corrected chi connectivity index (χ3v) is 2.27. The molecule has 0 amide bonds. The first-order valence-corrected chi connectivity index (χ1v) is 4.19. The quantitative estimate of drug-likeness (QED) is 0.525. The molecule has 0 unspecified atom stereocenters. The van der Waals surface area contributed by atoms with E-state index in [1.54, 1.807) is 0 Å². The zero-order chi connectivity index (χ0) is 8.43. The van der Waals surface area contributed by atoms with Crippen LogP contribution in [0.1, 0.15) is 30.9 Å². The van der Waals surface area contributed by atoms with Crippen molar-refractivity contribution in [2.24, 2.45) is 0 Å². The van der Waals surface area contributed by atoms with Crippen LogP contribution in [0.3, 0.4) is 0 Å². The molecule has 0 saturated heterocycles. The lowest BCUT2D eigenvalue weighted by Gasteiger charge is -2.11. The van der Waals surface area contributed by atoms with Gasteiger partial charge in [-0.15, -0.1) is 0 Å². The summed E-state index contributed by atoms with van der Waals surface area (Å²) in [5.74, 6) is 0.648. The first kappa shape index (κ1) is 8.38. The van der Waals surface area contributed by atoms with Crippen molar-refractivity contribution in [2.45, 2.75) is 26.7 Å². The zero-order valence-electron chi connectivity index (χ0n) is 7.81. The topological polar surface area (TPSA) is 0 Å². The monoisotopic (exact) mass is 146 g/mol. The summed E-state index contributed by atoms with van der Waals surface area (Å²) in [5, 5.41) is 0. The first-order chi connectivity index (χ1) is 5.13. The molecule has 1 heteroatoms. The van der Waals surface area contributed by atoms with E-state index < -0.39 is 0 Å². The van der Waals surface area contributed by atoms with Gasteiger partial charge in [0.15, 0.2) is 0 Å². The van der Waals surface area contributed by atoms with E-state index in [1.165, 1.54) is 16.6 Å². The van der Waals surface area contributed by atoms with Gasteiger partial charge in [-0.25, -0.2) is 0 Å². The number of rotatable bonds is 1. The highest BCUT2D eigenvalue weighted by Gasteiger charge is 2.02. The van der Waals surface area contributed by atoms with E-state index in [2.05, 4.69) is 46.8 Å². The minimum Gasteiger partial charge on any atom is -0.0858 e. The van der Waals surface area contributed by atoms with Crippen LogP contribution in [0, 0.1) is 6.92 Å². The Labute approximate surface area is 70.0 Å². The molecule has 1 aromatic carbocycles. The average molecular weight is 146 g/mol. The van der Waals surface area contributed by atoms with Gasteiger partial charge in [-0.3, -0.25) is 0 Å². The predicted octanol–water partition coefficient (Wildman–Crippen LogP) is 1.38. The van der Waals surface area contributed by atoms with Gasteiger partial charge in [0.1, 0.15) is 7.85 Å². The second-order valence-corrected chi connectivity index (χ2v) is 3.44. The van der Waals surface area contributed by atoms with Crippen LogP contribution in [0.4, 0.5) is 0 Å². The predicted molar refractivity (Wildman–Crippen MR) is 53.4 cm³/mol. The summed E-state index contributed by atoms with van der Waals surface area (Å²) in [6, 6.07) is 6.52. The molecule has 0 aliphatic rings. The Bertz CT molecular complexity index is 251. The summed E-state index contributed by atoms with van der Waals surface area (Å²) in [7, 11) is 2.17. The lowest BCUT2D eigenvalue weighted by Crippen LogP contribution is -2.09. The standard InChI is InChI=1S/C10H15B/c1-7(2)9-5-4-6-10(11)8(9)3/h4-7H,11H2,1-3H3. The fraction of sp³-hybridized carbons (Fsp3) is 0.400. The first-order valence-electron chi connectivity index (χ1n) is 4.19. The number of hydrogen-bond donors (Lipinski definition) is 0. The molecule has 0 radical (unpaired) electrons. The van der Waals surface area contributed by atoms with Crippen LogP contribution in [0.15, 0.2) is 18.2 Å². The molecule has 0 bridgehead atoms. The molecule has 0 fully saturated rings.